The predicted octanol–water partition coefficient (Wildman–Crippen LogP) is 0.754. The average Bonchev–Trinajstić information content (AvgIpc) is 2.19. The van der Waals surface area contributed by atoms with Crippen LogP contribution in [0.4, 0.5) is 0 Å². The Bertz CT molecular complexity index is 297. The lowest BCUT2D eigenvalue weighted by Crippen LogP contribution is -2.05. The summed E-state index contributed by atoms with van der Waals surface area (Å²) >= 11 is 0. The molecule has 1 N–H and O–H groups in total. The van der Waals surface area contributed by atoms with Crippen LogP contribution in [0.1, 0.15) is 23.1 Å². The lowest BCUT2D eigenvalue weighted by Gasteiger charge is -2.00. The summed E-state index contributed by atoms with van der Waals surface area (Å²) in [6.45, 7) is 3.13. The van der Waals surface area contributed by atoms with Gasteiger partial charge in [-0.05, 0) is 6.92 Å². The van der Waals surface area contributed by atoms with Gasteiger partial charge in [-0.25, -0.2) is 14.8 Å². The van der Waals surface area contributed by atoms with Gasteiger partial charge in [0.2, 0.25) is 0 Å². The van der Waals surface area contributed by atoms with Crippen molar-refractivity contribution in [1.82, 2.24) is 9.97 Å². The van der Waals surface area contributed by atoms with E-state index in [4.69, 9.17) is 9.84 Å². The molecule has 1 aromatic rings. The fourth-order valence-corrected chi connectivity index (χ4v) is 0.902. The highest BCUT2D eigenvalue weighted by atomic mass is 16.5. The Labute approximate surface area is 81.8 Å². The van der Waals surface area contributed by atoms with Crippen molar-refractivity contribution in [3.63, 3.8) is 0 Å². The van der Waals surface area contributed by atoms with Crippen molar-refractivity contribution in [2.45, 2.75) is 13.3 Å². The van der Waals surface area contributed by atoms with E-state index >= 15 is 0 Å². The van der Waals surface area contributed by atoms with Crippen LogP contribution in [0.5, 0.6) is 0 Å². The summed E-state index contributed by atoms with van der Waals surface area (Å²) in [4.78, 5) is 18.3. The van der Waals surface area contributed by atoms with Crippen LogP contribution in [0.25, 0.3) is 0 Å². The summed E-state index contributed by atoms with van der Waals surface area (Å²) in [5, 5.41) is 8.59. The molecule has 0 saturated heterocycles. The van der Waals surface area contributed by atoms with Gasteiger partial charge in [-0.1, -0.05) is 0 Å². The molecule has 5 heteroatoms. The number of rotatable bonds is 5. The number of hydrogen-bond donors (Lipinski definition) is 1. The van der Waals surface area contributed by atoms with Crippen LogP contribution in [0.2, 0.25) is 0 Å². The Morgan fingerprint density at radius 2 is 2.14 bits per heavy atom. The molecule has 0 radical (unpaired) electrons. The Morgan fingerprint density at radius 3 is 2.64 bits per heavy atom. The van der Waals surface area contributed by atoms with Crippen molar-refractivity contribution in [1.29, 1.82) is 0 Å². The molecule has 0 bridgehead atoms. The summed E-state index contributed by atoms with van der Waals surface area (Å²) in [7, 11) is 0. The molecule has 1 aromatic heterocycles. The standard InChI is InChI=1S/C9H12N2O3/c1-2-14-4-3-8-10-5-7(6-11-8)9(12)13/h5-6H,2-4H2,1H3,(H,12,13). The molecule has 1 heterocycles. The smallest absolute Gasteiger partial charge is 0.338 e. The summed E-state index contributed by atoms with van der Waals surface area (Å²) in [6, 6.07) is 0. The summed E-state index contributed by atoms with van der Waals surface area (Å²) in [5.74, 6) is -0.412. The van der Waals surface area contributed by atoms with Gasteiger partial charge in [0.05, 0.1) is 12.2 Å². The summed E-state index contributed by atoms with van der Waals surface area (Å²) < 4.78 is 5.12. The molecule has 0 amide bonds. The highest BCUT2D eigenvalue weighted by molar-refractivity contribution is 5.86. The summed E-state index contributed by atoms with van der Waals surface area (Å²) in [5.41, 5.74) is 0.102. The van der Waals surface area contributed by atoms with Crippen molar-refractivity contribution >= 4 is 5.97 Å². The number of aromatic carboxylic acids is 1. The lowest BCUT2D eigenvalue weighted by molar-refractivity contribution is 0.0696. The maximum absolute atomic E-state index is 10.5. The molecule has 0 aliphatic heterocycles. The fraction of sp³-hybridized carbons (Fsp3) is 0.444. The highest BCUT2D eigenvalue weighted by Gasteiger charge is 2.03. The molecule has 0 atom stereocenters. The van der Waals surface area contributed by atoms with Crippen LogP contribution in [-0.4, -0.2) is 34.3 Å². The fourth-order valence-electron chi connectivity index (χ4n) is 0.902. The monoisotopic (exact) mass is 196 g/mol. The van der Waals surface area contributed by atoms with Crippen LogP contribution >= 0.6 is 0 Å². The number of hydrogen-bond acceptors (Lipinski definition) is 4. The molecule has 0 aliphatic rings. The van der Waals surface area contributed by atoms with E-state index < -0.39 is 5.97 Å². The van der Waals surface area contributed by atoms with E-state index in [1.165, 1.54) is 12.4 Å². The van der Waals surface area contributed by atoms with Crippen molar-refractivity contribution in [2.24, 2.45) is 0 Å². The largest absolute Gasteiger partial charge is 0.478 e. The van der Waals surface area contributed by atoms with E-state index in [1.807, 2.05) is 6.92 Å². The van der Waals surface area contributed by atoms with E-state index in [2.05, 4.69) is 9.97 Å². The van der Waals surface area contributed by atoms with Gasteiger partial charge >= 0.3 is 5.97 Å². The van der Waals surface area contributed by atoms with Crippen LogP contribution in [0, 0.1) is 0 Å². The van der Waals surface area contributed by atoms with Gasteiger partial charge in [-0.3, -0.25) is 0 Å². The Kier molecular flexibility index (Phi) is 4.00. The summed E-state index contributed by atoms with van der Waals surface area (Å²) in [6.07, 6.45) is 3.21. The van der Waals surface area contributed by atoms with Gasteiger partial charge in [-0.2, -0.15) is 0 Å². The molecule has 76 valence electrons. The molecule has 0 spiro atoms. The zero-order chi connectivity index (χ0) is 10.4. The first kappa shape index (κ1) is 10.6. The molecule has 0 aromatic carbocycles. The SMILES string of the molecule is CCOCCc1ncc(C(=O)O)cn1. The Morgan fingerprint density at radius 1 is 1.50 bits per heavy atom. The first-order chi connectivity index (χ1) is 6.74. The second kappa shape index (κ2) is 5.29. The second-order valence-corrected chi connectivity index (χ2v) is 2.64. The van der Waals surface area contributed by atoms with E-state index in [0.29, 0.717) is 25.5 Å². The van der Waals surface area contributed by atoms with Crippen LogP contribution in [0.15, 0.2) is 12.4 Å². The third-order valence-electron chi connectivity index (χ3n) is 1.63. The zero-order valence-electron chi connectivity index (χ0n) is 7.93. The second-order valence-electron chi connectivity index (χ2n) is 2.64. The van der Waals surface area contributed by atoms with Crippen LogP contribution in [-0.2, 0) is 11.2 Å². The molecule has 0 unspecified atom stereocenters. The third kappa shape index (κ3) is 3.10. The van der Waals surface area contributed by atoms with E-state index in [1.54, 1.807) is 0 Å². The van der Waals surface area contributed by atoms with Crippen molar-refractivity contribution in [2.75, 3.05) is 13.2 Å². The molecule has 0 saturated carbocycles. The number of nitrogens with zero attached hydrogens (tertiary/aromatic N) is 2. The van der Waals surface area contributed by atoms with Gasteiger partial charge in [0, 0.05) is 25.4 Å². The molecule has 0 fully saturated rings. The van der Waals surface area contributed by atoms with Gasteiger partial charge in [0.1, 0.15) is 5.82 Å². The Hall–Kier alpha value is -1.49. The predicted molar refractivity (Wildman–Crippen MR) is 49.2 cm³/mol. The first-order valence-corrected chi connectivity index (χ1v) is 4.36. The minimum absolute atomic E-state index is 0.102. The quantitative estimate of drug-likeness (QED) is 0.703. The van der Waals surface area contributed by atoms with Crippen molar-refractivity contribution in [3.05, 3.63) is 23.8 Å². The van der Waals surface area contributed by atoms with Crippen LogP contribution < -0.4 is 0 Å². The number of carboxylic acids is 1. The number of aromatic nitrogens is 2. The van der Waals surface area contributed by atoms with Crippen molar-refractivity contribution < 1.29 is 14.6 Å². The number of carboxylic acid groups (broad SMARTS) is 1. The third-order valence-corrected chi connectivity index (χ3v) is 1.63. The van der Waals surface area contributed by atoms with E-state index in [9.17, 15) is 4.79 Å². The molecule has 0 aliphatic carbocycles. The van der Waals surface area contributed by atoms with Gasteiger partial charge in [-0.15, -0.1) is 0 Å². The van der Waals surface area contributed by atoms with E-state index in [-0.39, 0.29) is 5.56 Å². The topological polar surface area (TPSA) is 72.3 Å². The average molecular weight is 196 g/mol. The molecular formula is C9H12N2O3. The maximum Gasteiger partial charge on any atom is 0.338 e. The zero-order valence-corrected chi connectivity index (χ0v) is 7.93. The molecule has 14 heavy (non-hydrogen) atoms. The van der Waals surface area contributed by atoms with Crippen LogP contribution in [0.3, 0.4) is 0 Å². The minimum Gasteiger partial charge on any atom is -0.478 e. The van der Waals surface area contributed by atoms with Crippen molar-refractivity contribution in [3.8, 4) is 0 Å². The first-order valence-electron chi connectivity index (χ1n) is 4.36. The molecule has 5 nitrogen and oxygen atoms in total. The highest BCUT2D eigenvalue weighted by Crippen LogP contribution is 1.96. The minimum atomic E-state index is -1.01. The normalized spacial score (nSPS) is 10.1. The molecular weight excluding hydrogens is 184 g/mol. The maximum atomic E-state index is 10.5. The van der Waals surface area contributed by atoms with E-state index in [0.717, 1.165) is 0 Å². The van der Waals surface area contributed by atoms with Gasteiger partial charge in [0.25, 0.3) is 0 Å². The van der Waals surface area contributed by atoms with Gasteiger partial charge < -0.3 is 9.84 Å². The van der Waals surface area contributed by atoms with Gasteiger partial charge in [0.15, 0.2) is 0 Å². The lowest BCUT2D eigenvalue weighted by atomic mass is 10.3. The Balaban J connectivity index is 2.51. The number of ether oxygens (including phenoxy) is 1. The number of carbonyl (C=O) groups is 1. The molecule has 1 rings (SSSR count).